The summed E-state index contributed by atoms with van der Waals surface area (Å²) in [5, 5.41) is 15.9. The highest BCUT2D eigenvalue weighted by Crippen LogP contribution is 2.44. The molecule has 0 saturated heterocycles. The van der Waals surface area contributed by atoms with Crippen molar-refractivity contribution >= 4 is 35.5 Å². The van der Waals surface area contributed by atoms with E-state index in [1.807, 2.05) is 42.7 Å². The molecule has 9 nitrogen and oxygen atoms in total. The topological polar surface area (TPSA) is 114 Å². The van der Waals surface area contributed by atoms with E-state index in [0.717, 1.165) is 22.3 Å². The van der Waals surface area contributed by atoms with Crippen LogP contribution in [0.2, 0.25) is 0 Å². The molecule has 0 aliphatic heterocycles. The first kappa shape index (κ1) is 24.3. The van der Waals surface area contributed by atoms with Crippen LogP contribution in [0, 0.1) is 0 Å². The summed E-state index contributed by atoms with van der Waals surface area (Å²) >= 11 is 1.50. The molecule has 1 aliphatic rings. The highest BCUT2D eigenvalue weighted by atomic mass is 32.2. The van der Waals surface area contributed by atoms with Gasteiger partial charge in [-0.1, -0.05) is 48.5 Å². The number of carbonyl (C=O) groups is 3. The molecule has 0 fully saturated rings. The second-order valence-electron chi connectivity index (χ2n) is 8.09. The second-order valence-corrected chi connectivity index (χ2v) is 9.08. The number of ether oxygens (including phenoxy) is 1. The molecule has 1 aromatic heterocycles. The standard InChI is InChI=1S/C25H26N4O5S/c1-28-23(20(13-26-28)24(32)29(11-12-35-2)14-22(30)31)27-25(33)34-15-21-18-9-5-3-7-16(18)17-8-4-6-10-19(17)21/h3-10,13,21H,11-12,14-15H2,1-2H3,(H,27,33)(H,30,31). The van der Waals surface area contributed by atoms with E-state index in [9.17, 15) is 19.5 Å². The van der Waals surface area contributed by atoms with E-state index in [1.54, 1.807) is 7.05 Å². The first-order valence-corrected chi connectivity index (χ1v) is 12.4. The fourth-order valence-electron chi connectivity index (χ4n) is 4.26. The minimum atomic E-state index is -1.12. The van der Waals surface area contributed by atoms with Crippen LogP contribution in [-0.4, -0.2) is 69.5 Å². The molecule has 0 bridgehead atoms. The van der Waals surface area contributed by atoms with Crippen LogP contribution in [0.5, 0.6) is 0 Å². The number of carboxylic acids is 1. The molecular weight excluding hydrogens is 468 g/mol. The van der Waals surface area contributed by atoms with Crippen molar-refractivity contribution < 1.29 is 24.2 Å². The number of fused-ring (bicyclic) bond motifs is 3. The molecule has 3 aromatic rings. The van der Waals surface area contributed by atoms with Crippen LogP contribution in [0.15, 0.2) is 54.7 Å². The molecule has 1 heterocycles. The molecule has 182 valence electrons. The van der Waals surface area contributed by atoms with E-state index >= 15 is 0 Å². The van der Waals surface area contributed by atoms with E-state index in [2.05, 4.69) is 22.5 Å². The van der Waals surface area contributed by atoms with Crippen molar-refractivity contribution in [3.8, 4) is 11.1 Å². The number of carboxylic acid groups (broad SMARTS) is 1. The number of nitrogens with zero attached hydrogens (tertiary/aromatic N) is 3. The summed E-state index contributed by atoms with van der Waals surface area (Å²) in [7, 11) is 1.58. The lowest BCUT2D eigenvalue weighted by Gasteiger charge is -2.20. The molecule has 2 aromatic carbocycles. The van der Waals surface area contributed by atoms with Gasteiger partial charge in [-0.05, 0) is 28.5 Å². The number of rotatable bonds is 9. The Balaban J connectivity index is 1.47. The summed E-state index contributed by atoms with van der Waals surface area (Å²) in [6.45, 7) is -0.0654. The summed E-state index contributed by atoms with van der Waals surface area (Å²) < 4.78 is 6.93. The summed E-state index contributed by atoms with van der Waals surface area (Å²) in [4.78, 5) is 38.3. The number of thioether (sulfide) groups is 1. The number of aryl methyl sites for hydroxylation is 1. The van der Waals surface area contributed by atoms with Gasteiger partial charge >= 0.3 is 12.1 Å². The Morgan fingerprint density at radius 2 is 1.74 bits per heavy atom. The predicted molar refractivity (Wildman–Crippen MR) is 134 cm³/mol. The van der Waals surface area contributed by atoms with Gasteiger partial charge in [0.1, 0.15) is 24.5 Å². The smallest absolute Gasteiger partial charge is 0.412 e. The number of carbonyl (C=O) groups excluding carboxylic acids is 2. The number of anilines is 1. The summed E-state index contributed by atoms with van der Waals surface area (Å²) in [6.07, 6.45) is 2.46. The van der Waals surface area contributed by atoms with E-state index in [0.29, 0.717) is 5.75 Å². The Labute approximate surface area is 207 Å². The van der Waals surface area contributed by atoms with E-state index in [1.165, 1.54) is 27.5 Å². The minimum absolute atomic E-state index is 0.0987. The minimum Gasteiger partial charge on any atom is -0.480 e. The lowest BCUT2D eigenvalue weighted by molar-refractivity contribution is -0.137. The average molecular weight is 495 g/mol. The average Bonchev–Trinajstić information content (AvgIpc) is 3.37. The van der Waals surface area contributed by atoms with Gasteiger partial charge in [-0.25, -0.2) is 4.79 Å². The van der Waals surface area contributed by atoms with Gasteiger partial charge in [0.2, 0.25) is 0 Å². The summed E-state index contributed by atoms with van der Waals surface area (Å²) in [5.74, 6) is -1.02. The number of amides is 2. The van der Waals surface area contributed by atoms with Crippen LogP contribution in [-0.2, 0) is 16.6 Å². The number of nitrogens with one attached hydrogen (secondary N) is 1. The molecule has 2 amide bonds. The van der Waals surface area contributed by atoms with Gasteiger partial charge in [-0.15, -0.1) is 0 Å². The van der Waals surface area contributed by atoms with Gasteiger partial charge < -0.3 is 14.7 Å². The first-order chi connectivity index (χ1) is 16.9. The third-order valence-corrected chi connectivity index (χ3v) is 6.50. The second kappa shape index (κ2) is 10.6. The molecule has 0 atom stereocenters. The molecule has 4 rings (SSSR count). The van der Waals surface area contributed by atoms with Crippen molar-refractivity contribution in [3.05, 3.63) is 71.4 Å². The molecule has 2 N–H and O–H groups in total. The monoisotopic (exact) mass is 494 g/mol. The fourth-order valence-corrected chi connectivity index (χ4v) is 4.66. The maximum absolute atomic E-state index is 13.1. The fraction of sp³-hybridized carbons (Fsp3) is 0.280. The molecule has 35 heavy (non-hydrogen) atoms. The number of hydrogen-bond donors (Lipinski definition) is 2. The molecular formula is C25H26N4O5S. The molecule has 0 saturated carbocycles. The van der Waals surface area contributed by atoms with Crippen LogP contribution in [0.1, 0.15) is 27.4 Å². The number of benzene rings is 2. The maximum Gasteiger partial charge on any atom is 0.412 e. The molecule has 0 radical (unpaired) electrons. The quantitative estimate of drug-likeness (QED) is 0.467. The highest BCUT2D eigenvalue weighted by molar-refractivity contribution is 7.98. The normalized spacial score (nSPS) is 12.1. The molecule has 10 heteroatoms. The molecule has 0 unspecified atom stereocenters. The number of hydrogen-bond acceptors (Lipinski definition) is 6. The van der Waals surface area contributed by atoms with Crippen LogP contribution in [0.25, 0.3) is 11.1 Å². The Hall–Kier alpha value is -3.79. The largest absolute Gasteiger partial charge is 0.480 e. The molecule has 1 aliphatic carbocycles. The lowest BCUT2D eigenvalue weighted by atomic mass is 9.98. The van der Waals surface area contributed by atoms with Crippen molar-refractivity contribution in [1.82, 2.24) is 14.7 Å². The Kier molecular flexibility index (Phi) is 7.40. The van der Waals surface area contributed by atoms with Crippen molar-refractivity contribution in [2.75, 3.05) is 37.0 Å². The van der Waals surface area contributed by atoms with E-state index in [4.69, 9.17) is 4.74 Å². The highest BCUT2D eigenvalue weighted by Gasteiger charge is 2.30. The number of aliphatic carboxylic acids is 1. The zero-order valence-corrected chi connectivity index (χ0v) is 20.2. The van der Waals surface area contributed by atoms with Gasteiger partial charge in [0, 0.05) is 25.3 Å². The number of aromatic nitrogens is 2. The van der Waals surface area contributed by atoms with Gasteiger partial charge in [0.25, 0.3) is 5.91 Å². The Bertz CT molecular complexity index is 1210. The van der Waals surface area contributed by atoms with Crippen molar-refractivity contribution in [2.45, 2.75) is 5.92 Å². The van der Waals surface area contributed by atoms with Crippen molar-refractivity contribution in [1.29, 1.82) is 0 Å². The van der Waals surface area contributed by atoms with Gasteiger partial charge in [0.15, 0.2) is 0 Å². The Morgan fingerprint density at radius 1 is 1.11 bits per heavy atom. The van der Waals surface area contributed by atoms with Crippen LogP contribution >= 0.6 is 11.8 Å². The predicted octanol–water partition coefficient (Wildman–Crippen LogP) is 3.67. The SMILES string of the molecule is CSCCN(CC(=O)O)C(=O)c1cnn(C)c1NC(=O)OCC1c2ccccc2-c2ccccc21. The maximum atomic E-state index is 13.1. The summed E-state index contributed by atoms with van der Waals surface area (Å²) in [5.41, 5.74) is 4.54. The van der Waals surface area contributed by atoms with Gasteiger partial charge in [-0.3, -0.25) is 19.6 Å². The van der Waals surface area contributed by atoms with Crippen LogP contribution < -0.4 is 5.32 Å². The van der Waals surface area contributed by atoms with Gasteiger partial charge in [0.05, 0.1) is 6.20 Å². The third-order valence-electron chi connectivity index (χ3n) is 5.91. The zero-order valence-electron chi connectivity index (χ0n) is 19.4. The molecule has 0 spiro atoms. The van der Waals surface area contributed by atoms with Crippen molar-refractivity contribution in [3.63, 3.8) is 0 Å². The Morgan fingerprint density at radius 3 is 2.34 bits per heavy atom. The van der Waals surface area contributed by atoms with Gasteiger partial charge in [-0.2, -0.15) is 16.9 Å². The zero-order chi connectivity index (χ0) is 24.9. The lowest BCUT2D eigenvalue weighted by Crippen LogP contribution is -2.37. The van der Waals surface area contributed by atoms with E-state index in [-0.39, 0.29) is 30.5 Å². The van der Waals surface area contributed by atoms with Crippen LogP contribution in [0.3, 0.4) is 0 Å². The van der Waals surface area contributed by atoms with E-state index < -0.39 is 24.5 Å². The third kappa shape index (κ3) is 5.17. The van der Waals surface area contributed by atoms with Crippen molar-refractivity contribution in [2.24, 2.45) is 7.05 Å². The summed E-state index contributed by atoms with van der Waals surface area (Å²) in [6, 6.07) is 16.1. The van der Waals surface area contributed by atoms with Crippen LogP contribution in [0.4, 0.5) is 10.6 Å². The first-order valence-electron chi connectivity index (χ1n) is 11.0.